The summed E-state index contributed by atoms with van der Waals surface area (Å²) in [5, 5.41) is 8.43. The lowest BCUT2D eigenvalue weighted by atomic mass is 10.2. The topological polar surface area (TPSA) is 57.6 Å². The lowest BCUT2D eigenvalue weighted by Gasteiger charge is -2.16. The zero-order valence-corrected chi connectivity index (χ0v) is 9.66. The highest BCUT2D eigenvalue weighted by Gasteiger charge is 2.08. The first-order valence-electron chi connectivity index (χ1n) is 5.53. The Bertz CT molecular complexity index is 204. The van der Waals surface area contributed by atoms with Gasteiger partial charge in [-0.25, -0.2) is 0 Å². The molecule has 15 heavy (non-hydrogen) atoms. The summed E-state index contributed by atoms with van der Waals surface area (Å²) in [4.78, 5) is 23.4. The van der Waals surface area contributed by atoms with Crippen molar-refractivity contribution in [2.45, 2.75) is 45.4 Å². The fraction of sp³-hybridized carbons (Fsp3) is 0.818. The summed E-state index contributed by atoms with van der Waals surface area (Å²) in [7, 11) is 1.73. The summed E-state index contributed by atoms with van der Waals surface area (Å²) >= 11 is 0. The maximum Gasteiger partial charge on any atom is 0.303 e. The highest BCUT2D eigenvalue weighted by Crippen LogP contribution is 2.03. The maximum absolute atomic E-state index is 11.5. The molecule has 0 fully saturated rings. The number of nitrogens with zero attached hydrogens (tertiary/aromatic N) is 1. The molecule has 88 valence electrons. The highest BCUT2D eigenvalue weighted by molar-refractivity contribution is 5.75. The van der Waals surface area contributed by atoms with E-state index in [0.29, 0.717) is 19.4 Å². The molecule has 0 spiro atoms. The fourth-order valence-electron chi connectivity index (χ4n) is 1.31. The molecular weight excluding hydrogens is 194 g/mol. The molecule has 0 aliphatic rings. The Morgan fingerprint density at radius 2 is 1.80 bits per heavy atom. The van der Waals surface area contributed by atoms with Crippen LogP contribution in [0, 0.1) is 0 Å². The van der Waals surface area contributed by atoms with Gasteiger partial charge in [0.05, 0.1) is 0 Å². The van der Waals surface area contributed by atoms with E-state index >= 15 is 0 Å². The number of amides is 1. The van der Waals surface area contributed by atoms with Crippen LogP contribution in [0.25, 0.3) is 0 Å². The van der Waals surface area contributed by atoms with Crippen molar-refractivity contribution in [2.75, 3.05) is 13.6 Å². The highest BCUT2D eigenvalue weighted by atomic mass is 16.4. The quantitative estimate of drug-likeness (QED) is 0.629. The van der Waals surface area contributed by atoms with Crippen LogP contribution in [0.5, 0.6) is 0 Å². The van der Waals surface area contributed by atoms with Crippen LogP contribution in [0.1, 0.15) is 45.4 Å². The van der Waals surface area contributed by atoms with E-state index in [1.165, 1.54) is 0 Å². The number of carboxylic acid groups (broad SMARTS) is 1. The number of hydrogen-bond donors (Lipinski definition) is 1. The number of unbranched alkanes of at least 4 members (excludes halogenated alkanes) is 2. The lowest BCUT2D eigenvalue weighted by Crippen LogP contribution is -2.27. The second-order valence-corrected chi connectivity index (χ2v) is 3.77. The van der Waals surface area contributed by atoms with Gasteiger partial charge in [-0.15, -0.1) is 0 Å². The van der Waals surface area contributed by atoms with Crippen molar-refractivity contribution in [2.24, 2.45) is 0 Å². The third-order valence-electron chi connectivity index (χ3n) is 2.30. The van der Waals surface area contributed by atoms with Crippen LogP contribution < -0.4 is 0 Å². The summed E-state index contributed by atoms with van der Waals surface area (Å²) < 4.78 is 0. The molecule has 0 saturated carbocycles. The maximum atomic E-state index is 11.5. The molecule has 0 rings (SSSR count). The van der Waals surface area contributed by atoms with Crippen molar-refractivity contribution >= 4 is 11.9 Å². The van der Waals surface area contributed by atoms with Crippen LogP contribution in [0.3, 0.4) is 0 Å². The summed E-state index contributed by atoms with van der Waals surface area (Å²) in [6.07, 6.45) is 4.36. The van der Waals surface area contributed by atoms with Gasteiger partial charge in [-0.05, 0) is 12.8 Å². The Balaban J connectivity index is 3.55. The number of rotatable bonds is 8. The molecule has 1 N–H and O–H groups in total. The van der Waals surface area contributed by atoms with Gasteiger partial charge >= 0.3 is 5.97 Å². The number of carbonyl (C=O) groups excluding carboxylic acids is 1. The molecule has 4 heteroatoms. The van der Waals surface area contributed by atoms with Gasteiger partial charge in [-0.1, -0.05) is 19.8 Å². The van der Waals surface area contributed by atoms with Crippen molar-refractivity contribution in [3.05, 3.63) is 0 Å². The predicted octanol–water partition coefficient (Wildman–Crippen LogP) is 1.89. The van der Waals surface area contributed by atoms with Crippen LogP contribution >= 0.6 is 0 Å². The molecule has 4 nitrogen and oxygen atoms in total. The first kappa shape index (κ1) is 13.9. The van der Waals surface area contributed by atoms with E-state index < -0.39 is 5.97 Å². The van der Waals surface area contributed by atoms with E-state index in [2.05, 4.69) is 6.92 Å². The van der Waals surface area contributed by atoms with Gasteiger partial charge in [0, 0.05) is 26.4 Å². The lowest BCUT2D eigenvalue weighted by molar-refractivity contribution is -0.138. The van der Waals surface area contributed by atoms with Gasteiger partial charge in [0.15, 0.2) is 0 Å². The Kier molecular flexibility index (Phi) is 7.68. The number of aliphatic carboxylic acids is 1. The predicted molar refractivity (Wildman–Crippen MR) is 58.6 cm³/mol. The van der Waals surface area contributed by atoms with Crippen molar-refractivity contribution in [3.8, 4) is 0 Å². The van der Waals surface area contributed by atoms with E-state index in [4.69, 9.17) is 5.11 Å². The normalized spacial score (nSPS) is 10.0. The van der Waals surface area contributed by atoms with Crippen LogP contribution in [-0.2, 0) is 9.59 Å². The van der Waals surface area contributed by atoms with Gasteiger partial charge in [-0.3, -0.25) is 9.59 Å². The van der Waals surface area contributed by atoms with E-state index in [1.54, 1.807) is 11.9 Å². The first-order valence-corrected chi connectivity index (χ1v) is 5.53. The molecular formula is C11H21NO3. The van der Waals surface area contributed by atoms with Crippen LogP contribution in [0.4, 0.5) is 0 Å². The molecule has 0 aromatic heterocycles. The first-order chi connectivity index (χ1) is 7.07. The summed E-state index contributed by atoms with van der Waals surface area (Å²) in [5.74, 6) is -0.685. The van der Waals surface area contributed by atoms with E-state index in [9.17, 15) is 9.59 Å². The van der Waals surface area contributed by atoms with E-state index in [1.807, 2.05) is 0 Å². The van der Waals surface area contributed by atoms with Gasteiger partial charge < -0.3 is 10.0 Å². The minimum absolute atomic E-state index is 0.119. The molecule has 1 amide bonds. The second kappa shape index (κ2) is 8.26. The van der Waals surface area contributed by atoms with Gasteiger partial charge in [-0.2, -0.15) is 0 Å². The number of carboxylic acids is 1. The smallest absolute Gasteiger partial charge is 0.303 e. The van der Waals surface area contributed by atoms with E-state index in [0.717, 1.165) is 19.3 Å². The molecule has 0 aromatic carbocycles. The molecule has 0 bridgehead atoms. The summed E-state index contributed by atoms with van der Waals surface area (Å²) in [5.41, 5.74) is 0. The zero-order valence-electron chi connectivity index (χ0n) is 9.66. The van der Waals surface area contributed by atoms with Crippen molar-refractivity contribution < 1.29 is 14.7 Å². The van der Waals surface area contributed by atoms with Crippen molar-refractivity contribution in [1.29, 1.82) is 0 Å². The Morgan fingerprint density at radius 3 is 2.33 bits per heavy atom. The summed E-state index contributed by atoms with van der Waals surface area (Å²) in [6, 6.07) is 0. The Morgan fingerprint density at radius 1 is 1.13 bits per heavy atom. The largest absolute Gasteiger partial charge is 0.481 e. The van der Waals surface area contributed by atoms with Crippen LogP contribution in [0.2, 0.25) is 0 Å². The Labute approximate surface area is 91.3 Å². The number of hydrogen-bond acceptors (Lipinski definition) is 2. The Hall–Kier alpha value is -1.06. The molecule has 0 atom stereocenters. The SMILES string of the molecule is CCCCCC(=O)N(C)CCCC(=O)O. The van der Waals surface area contributed by atoms with Gasteiger partial charge in [0.25, 0.3) is 0 Å². The van der Waals surface area contributed by atoms with Crippen LogP contribution in [-0.4, -0.2) is 35.5 Å². The minimum atomic E-state index is -0.804. The average molecular weight is 215 g/mol. The van der Waals surface area contributed by atoms with Crippen LogP contribution in [0.15, 0.2) is 0 Å². The number of carbonyl (C=O) groups is 2. The molecule has 0 aromatic rings. The third kappa shape index (κ3) is 7.97. The summed E-state index contributed by atoms with van der Waals surface area (Å²) in [6.45, 7) is 2.64. The van der Waals surface area contributed by atoms with Crippen molar-refractivity contribution in [3.63, 3.8) is 0 Å². The van der Waals surface area contributed by atoms with Gasteiger partial charge in [0.1, 0.15) is 0 Å². The molecule has 0 aliphatic carbocycles. The fourth-order valence-corrected chi connectivity index (χ4v) is 1.31. The average Bonchev–Trinajstić information content (AvgIpc) is 2.17. The zero-order chi connectivity index (χ0) is 11.7. The monoisotopic (exact) mass is 215 g/mol. The van der Waals surface area contributed by atoms with Crippen molar-refractivity contribution in [1.82, 2.24) is 4.90 Å². The van der Waals surface area contributed by atoms with E-state index in [-0.39, 0.29) is 12.3 Å². The third-order valence-corrected chi connectivity index (χ3v) is 2.30. The molecule has 0 saturated heterocycles. The molecule has 0 radical (unpaired) electrons. The van der Waals surface area contributed by atoms with Gasteiger partial charge in [0.2, 0.25) is 5.91 Å². The minimum Gasteiger partial charge on any atom is -0.481 e. The standard InChI is InChI=1S/C11H21NO3/c1-3-4-5-7-10(13)12(2)9-6-8-11(14)15/h3-9H2,1-2H3,(H,14,15). The molecule has 0 unspecified atom stereocenters. The molecule has 0 heterocycles. The molecule has 0 aliphatic heterocycles. The second-order valence-electron chi connectivity index (χ2n) is 3.77.